The van der Waals surface area contributed by atoms with Crippen molar-refractivity contribution in [2.45, 2.75) is 38.3 Å². The molecule has 19 heavy (non-hydrogen) atoms. The number of hydrogen-bond donors (Lipinski definition) is 2. The van der Waals surface area contributed by atoms with Crippen LogP contribution < -0.4 is 5.32 Å². The van der Waals surface area contributed by atoms with Gasteiger partial charge in [0.2, 0.25) is 0 Å². The maximum Gasteiger partial charge on any atom is 0.308 e. The van der Waals surface area contributed by atoms with Crippen molar-refractivity contribution in [2.24, 2.45) is 5.92 Å². The molecule has 2 rings (SSSR count). The van der Waals surface area contributed by atoms with Crippen LogP contribution in [0, 0.1) is 5.92 Å². The maximum absolute atomic E-state index is 11.2. The van der Waals surface area contributed by atoms with Crippen LogP contribution in [0.5, 0.6) is 0 Å². The van der Waals surface area contributed by atoms with Gasteiger partial charge in [-0.2, -0.15) is 0 Å². The van der Waals surface area contributed by atoms with Crippen molar-refractivity contribution in [3.8, 4) is 0 Å². The summed E-state index contributed by atoms with van der Waals surface area (Å²) in [5.74, 6) is -0.896. The molecule has 2 unspecified atom stereocenters. The number of halogens is 2. The van der Waals surface area contributed by atoms with Gasteiger partial charge in [0.05, 0.1) is 5.92 Å². The quantitative estimate of drug-likeness (QED) is 0.874. The first kappa shape index (κ1) is 16.5. The van der Waals surface area contributed by atoms with Crippen molar-refractivity contribution in [1.82, 2.24) is 5.32 Å². The molecule has 2 atom stereocenters. The van der Waals surface area contributed by atoms with E-state index in [9.17, 15) is 9.90 Å². The number of carboxylic acids is 1. The molecule has 1 saturated carbocycles. The Labute approximate surface area is 128 Å². The second-order valence-corrected chi connectivity index (χ2v) is 5.76. The van der Waals surface area contributed by atoms with Crippen LogP contribution in [-0.4, -0.2) is 17.1 Å². The summed E-state index contributed by atoms with van der Waals surface area (Å²) in [6.07, 6.45) is 3.92. The van der Waals surface area contributed by atoms with Crippen LogP contribution in [0.15, 0.2) is 28.7 Å². The van der Waals surface area contributed by atoms with E-state index in [1.54, 1.807) is 0 Å². The Bertz CT molecular complexity index is 428. The minimum absolute atomic E-state index is 0. The Morgan fingerprint density at radius 3 is 2.79 bits per heavy atom. The average Bonchev–Trinajstić information content (AvgIpc) is 2.37. The zero-order chi connectivity index (χ0) is 13.0. The number of carbonyl (C=O) groups is 1. The molecule has 0 spiro atoms. The lowest BCUT2D eigenvalue weighted by Crippen LogP contribution is -2.41. The summed E-state index contributed by atoms with van der Waals surface area (Å²) in [6, 6.07) is 8.21. The molecule has 1 aliphatic rings. The molecule has 5 heteroatoms. The summed E-state index contributed by atoms with van der Waals surface area (Å²) in [6.45, 7) is 0.730. The first-order valence-corrected chi connectivity index (χ1v) is 7.17. The zero-order valence-corrected chi connectivity index (χ0v) is 13.0. The fourth-order valence-corrected chi connectivity index (χ4v) is 3.01. The Balaban J connectivity index is 0.00000180. The molecule has 1 aromatic carbocycles. The standard InChI is InChI=1S/C14H18BrNO2.ClH/c15-11-5-3-4-10(8-11)9-16-13-7-2-1-6-12(13)14(17)18;/h3-5,8,12-13,16H,1-2,6-7,9H2,(H,17,18);1H. The highest BCUT2D eigenvalue weighted by molar-refractivity contribution is 9.10. The first-order valence-electron chi connectivity index (χ1n) is 6.37. The van der Waals surface area contributed by atoms with Gasteiger partial charge in [0.15, 0.2) is 0 Å². The monoisotopic (exact) mass is 347 g/mol. The molecule has 0 aliphatic heterocycles. The molecule has 0 aromatic heterocycles. The van der Waals surface area contributed by atoms with Crippen LogP contribution in [0.3, 0.4) is 0 Å². The molecule has 106 valence electrons. The van der Waals surface area contributed by atoms with Crippen LogP contribution in [0.1, 0.15) is 31.2 Å². The number of carboxylic acid groups (broad SMARTS) is 1. The normalized spacial score (nSPS) is 22.6. The predicted molar refractivity (Wildman–Crippen MR) is 81.6 cm³/mol. The molecule has 0 saturated heterocycles. The third-order valence-electron chi connectivity index (χ3n) is 3.54. The number of rotatable bonds is 4. The van der Waals surface area contributed by atoms with E-state index in [1.807, 2.05) is 12.1 Å². The van der Waals surface area contributed by atoms with Crippen LogP contribution in [0.4, 0.5) is 0 Å². The fraction of sp³-hybridized carbons (Fsp3) is 0.500. The first-order chi connectivity index (χ1) is 8.66. The van der Waals surface area contributed by atoms with E-state index in [2.05, 4.69) is 33.4 Å². The molecule has 2 N–H and O–H groups in total. The Morgan fingerprint density at radius 1 is 1.37 bits per heavy atom. The summed E-state index contributed by atoms with van der Waals surface area (Å²) in [7, 11) is 0. The van der Waals surface area contributed by atoms with E-state index in [-0.39, 0.29) is 24.4 Å². The van der Waals surface area contributed by atoms with E-state index >= 15 is 0 Å². The summed E-state index contributed by atoms with van der Waals surface area (Å²) in [5, 5.41) is 12.6. The summed E-state index contributed by atoms with van der Waals surface area (Å²) < 4.78 is 1.06. The topological polar surface area (TPSA) is 49.3 Å². The highest BCUT2D eigenvalue weighted by Crippen LogP contribution is 2.25. The van der Waals surface area contributed by atoms with Gasteiger partial charge in [-0.05, 0) is 30.5 Å². The highest BCUT2D eigenvalue weighted by atomic mass is 79.9. The summed E-state index contributed by atoms with van der Waals surface area (Å²) in [5.41, 5.74) is 1.18. The van der Waals surface area contributed by atoms with E-state index in [1.165, 1.54) is 5.56 Å². The molecular weight excluding hydrogens is 330 g/mol. The average molecular weight is 349 g/mol. The third kappa shape index (κ3) is 4.79. The van der Waals surface area contributed by atoms with Crippen LogP contribution >= 0.6 is 28.3 Å². The summed E-state index contributed by atoms with van der Waals surface area (Å²) in [4.78, 5) is 11.2. The third-order valence-corrected chi connectivity index (χ3v) is 4.03. The zero-order valence-electron chi connectivity index (χ0n) is 10.6. The van der Waals surface area contributed by atoms with E-state index < -0.39 is 5.97 Å². The van der Waals surface area contributed by atoms with Crippen molar-refractivity contribution >= 4 is 34.3 Å². The van der Waals surface area contributed by atoms with Crippen molar-refractivity contribution in [3.63, 3.8) is 0 Å². The van der Waals surface area contributed by atoms with Crippen LogP contribution in [-0.2, 0) is 11.3 Å². The van der Waals surface area contributed by atoms with E-state index in [0.29, 0.717) is 0 Å². The minimum atomic E-state index is -0.665. The Hall–Kier alpha value is -0.580. The predicted octanol–water partition coefficient (Wildman–Crippen LogP) is 3.60. The van der Waals surface area contributed by atoms with Crippen molar-refractivity contribution in [2.75, 3.05) is 0 Å². The van der Waals surface area contributed by atoms with Gasteiger partial charge < -0.3 is 10.4 Å². The fourth-order valence-electron chi connectivity index (χ4n) is 2.57. The van der Waals surface area contributed by atoms with Gasteiger partial charge in [-0.15, -0.1) is 12.4 Å². The Morgan fingerprint density at radius 2 is 2.11 bits per heavy atom. The van der Waals surface area contributed by atoms with Crippen molar-refractivity contribution in [1.29, 1.82) is 0 Å². The molecule has 0 radical (unpaired) electrons. The lowest BCUT2D eigenvalue weighted by Gasteiger charge is -2.29. The lowest BCUT2D eigenvalue weighted by atomic mass is 9.84. The molecule has 1 aromatic rings. The number of nitrogens with one attached hydrogen (secondary N) is 1. The molecular formula is C14H19BrClNO2. The Kier molecular flexibility index (Phi) is 6.83. The van der Waals surface area contributed by atoms with E-state index in [4.69, 9.17) is 0 Å². The van der Waals surface area contributed by atoms with Gasteiger partial charge in [0.1, 0.15) is 0 Å². The molecule has 0 amide bonds. The van der Waals surface area contributed by atoms with Gasteiger partial charge >= 0.3 is 5.97 Å². The van der Waals surface area contributed by atoms with Crippen LogP contribution in [0.2, 0.25) is 0 Å². The second-order valence-electron chi connectivity index (χ2n) is 4.85. The van der Waals surface area contributed by atoms with Gasteiger partial charge in [0, 0.05) is 17.1 Å². The van der Waals surface area contributed by atoms with Crippen molar-refractivity contribution in [3.05, 3.63) is 34.3 Å². The highest BCUT2D eigenvalue weighted by Gasteiger charge is 2.30. The maximum atomic E-state index is 11.2. The van der Waals surface area contributed by atoms with Crippen molar-refractivity contribution < 1.29 is 9.90 Å². The van der Waals surface area contributed by atoms with Gasteiger partial charge in [-0.25, -0.2) is 0 Å². The van der Waals surface area contributed by atoms with E-state index in [0.717, 1.165) is 36.7 Å². The molecule has 0 bridgehead atoms. The van der Waals surface area contributed by atoms with Crippen LogP contribution in [0.25, 0.3) is 0 Å². The molecule has 1 aliphatic carbocycles. The number of aliphatic carboxylic acids is 1. The van der Waals surface area contributed by atoms with Gasteiger partial charge in [-0.3, -0.25) is 4.79 Å². The SMILES string of the molecule is Cl.O=C(O)C1CCCCC1NCc1cccc(Br)c1. The smallest absolute Gasteiger partial charge is 0.308 e. The van der Waals surface area contributed by atoms with Gasteiger partial charge in [0.25, 0.3) is 0 Å². The largest absolute Gasteiger partial charge is 0.481 e. The minimum Gasteiger partial charge on any atom is -0.481 e. The lowest BCUT2D eigenvalue weighted by molar-refractivity contribution is -0.143. The number of benzene rings is 1. The molecule has 1 fully saturated rings. The summed E-state index contributed by atoms with van der Waals surface area (Å²) >= 11 is 3.44. The number of hydrogen-bond acceptors (Lipinski definition) is 2. The molecule has 0 heterocycles. The molecule has 3 nitrogen and oxygen atoms in total. The van der Waals surface area contributed by atoms with Gasteiger partial charge in [-0.1, -0.05) is 40.9 Å². The second kappa shape index (κ2) is 7.88.